The molecule has 3 heteroatoms. The lowest BCUT2D eigenvalue weighted by Gasteiger charge is -2.24. The molecule has 0 radical (unpaired) electrons. The van der Waals surface area contributed by atoms with Crippen molar-refractivity contribution in [1.82, 2.24) is 5.32 Å². The minimum Gasteiger partial charge on any atom is -0.415 e. The molecule has 1 aromatic carbocycles. The summed E-state index contributed by atoms with van der Waals surface area (Å²) < 4.78 is 4.79. The van der Waals surface area contributed by atoms with Crippen molar-refractivity contribution in [2.45, 2.75) is 12.5 Å². The van der Waals surface area contributed by atoms with E-state index in [2.05, 4.69) is 11.9 Å². The van der Waals surface area contributed by atoms with Gasteiger partial charge in [0.1, 0.15) is 5.76 Å². The van der Waals surface area contributed by atoms with Crippen LogP contribution in [0.5, 0.6) is 0 Å². The van der Waals surface area contributed by atoms with Gasteiger partial charge < -0.3 is 10.1 Å². The number of alkyl carbamates (subject to hydrolysis) is 1. The Labute approximate surface area is 82.4 Å². The zero-order chi connectivity index (χ0) is 9.97. The molecule has 0 aliphatic carbocycles. The summed E-state index contributed by atoms with van der Waals surface area (Å²) in [6.45, 7) is 3.66. The van der Waals surface area contributed by atoms with Gasteiger partial charge in [-0.1, -0.05) is 36.9 Å². The highest BCUT2D eigenvalue weighted by molar-refractivity contribution is 5.70. The molecule has 0 aromatic heterocycles. The van der Waals surface area contributed by atoms with Crippen molar-refractivity contribution >= 4 is 6.09 Å². The van der Waals surface area contributed by atoms with Crippen LogP contribution in [0.1, 0.15) is 18.0 Å². The zero-order valence-corrected chi connectivity index (χ0v) is 7.69. The van der Waals surface area contributed by atoms with Gasteiger partial charge >= 0.3 is 6.09 Å². The van der Waals surface area contributed by atoms with E-state index in [0.717, 1.165) is 5.56 Å². The standard InChI is InChI=1S/C11H11NO2/c1-8-7-10(12-11(13)14-8)9-5-3-2-4-6-9/h2-6,10H,1,7H2,(H,12,13). The van der Waals surface area contributed by atoms with Crippen LogP contribution >= 0.6 is 0 Å². The molecule has 72 valence electrons. The van der Waals surface area contributed by atoms with Crippen molar-refractivity contribution in [2.75, 3.05) is 0 Å². The number of hydrogen-bond acceptors (Lipinski definition) is 2. The average Bonchev–Trinajstić information content (AvgIpc) is 2.18. The molecular formula is C11H11NO2. The second-order valence-electron chi connectivity index (χ2n) is 3.24. The third-order valence-electron chi connectivity index (χ3n) is 2.16. The molecule has 1 unspecified atom stereocenters. The number of nitrogens with one attached hydrogen (secondary N) is 1. The van der Waals surface area contributed by atoms with Crippen LogP contribution in [0.4, 0.5) is 4.79 Å². The third-order valence-corrected chi connectivity index (χ3v) is 2.16. The fraction of sp³-hybridized carbons (Fsp3) is 0.182. The summed E-state index contributed by atoms with van der Waals surface area (Å²) in [5.74, 6) is 0.516. The first kappa shape index (κ1) is 8.81. The summed E-state index contributed by atoms with van der Waals surface area (Å²) in [6, 6.07) is 9.77. The van der Waals surface area contributed by atoms with E-state index in [0.29, 0.717) is 12.2 Å². The average molecular weight is 189 g/mol. The van der Waals surface area contributed by atoms with Gasteiger partial charge in [-0.25, -0.2) is 4.79 Å². The molecule has 3 nitrogen and oxygen atoms in total. The minimum atomic E-state index is -0.421. The molecule has 1 N–H and O–H groups in total. The normalized spacial score (nSPS) is 21.3. The summed E-state index contributed by atoms with van der Waals surface area (Å²) in [4.78, 5) is 11.1. The smallest absolute Gasteiger partial charge is 0.412 e. The number of carbonyl (C=O) groups is 1. The molecule has 14 heavy (non-hydrogen) atoms. The van der Waals surface area contributed by atoms with E-state index in [9.17, 15) is 4.79 Å². The SMILES string of the molecule is C=C1CC(c2ccccc2)NC(=O)O1. The van der Waals surface area contributed by atoms with Crippen molar-refractivity contribution in [3.05, 3.63) is 48.2 Å². The molecule has 1 aliphatic rings. The summed E-state index contributed by atoms with van der Waals surface area (Å²) in [5.41, 5.74) is 1.07. The van der Waals surface area contributed by atoms with Crippen molar-refractivity contribution in [3.63, 3.8) is 0 Å². The fourth-order valence-corrected chi connectivity index (χ4v) is 1.51. The second kappa shape index (κ2) is 3.54. The Morgan fingerprint density at radius 1 is 1.36 bits per heavy atom. The number of hydrogen-bond donors (Lipinski definition) is 1. The van der Waals surface area contributed by atoms with Gasteiger partial charge in [-0.3, -0.25) is 0 Å². The van der Waals surface area contributed by atoms with Crippen molar-refractivity contribution < 1.29 is 9.53 Å². The molecule has 1 heterocycles. The molecule has 1 saturated heterocycles. The molecule has 0 saturated carbocycles. The van der Waals surface area contributed by atoms with E-state index in [1.807, 2.05) is 30.3 Å². The molecule has 0 spiro atoms. The van der Waals surface area contributed by atoms with E-state index >= 15 is 0 Å². The Hall–Kier alpha value is -1.77. The maximum Gasteiger partial charge on any atom is 0.412 e. The lowest BCUT2D eigenvalue weighted by atomic mass is 10.0. The molecule has 1 atom stereocenters. The summed E-state index contributed by atoms with van der Waals surface area (Å²) >= 11 is 0. The van der Waals surface area contributed by atoms with E-state index in [1.165, 1.54) is 0 Å². The number of ether oxygens (including phenoxy) is 1. The molecule has 1 fully saturated rings. The van der Waals surface area contributed by atoms with Gasteiger partial charge in [-0.2, -0.15) is 0 Å². The summed E-state index contributed by atoms with van der Waals surface area (Å²) in [7, 11) is 0. The predicted octanol–water partition coefficient (Wildman–Crippen LogP) is 2.37. The third kappa shape index (κ3) is 1.76. The number of benzene rings is 1. The first-order valence-electron chi connectivity index (χ1n) is 4.47. The molecule has 0 bridgehead atoms. The zero-order valence-electron chi connectivity index (χ0n) is 7.69. The number of carbonyl (C=O) groups excluding carboxylic acids is 1. The number of rotatable bonds is 1. The largest absolute Gasteiger partial charge is 0.415 e. The topological polar surface area (TPSA) is 38.3 Å². The summed E-state index contributed by atoms with van der Waals surface area (Å²) in [6.07, 6.45) is 0.213. The van der Waals surface area contributed by atoms with Gasteiger partial charge in [0.05, 0.1) is 6.04 Å². The van der Waals surface area contributed by atoms with Crippen LogP contribution in [0, 0.1) is 0 Å². The van der Waals surface area contributed by atoms with E-state index in [1.54, 1.807) is 0 Å². The van der Waals surface area contributed by atoms with Crippen molar-refractivity contribution in [3.8, 4) is 0 Å². The molecule has 1 aromatic rings. The van der Waals surface area contributed by atoms with Gasteiger partial charge in [0.2, 0.25) is 0 Å². The van der Waals surface area contributed by atoms with Crippen molar-refractivity contribution in [1.29, 1.82) is 0 Å². The number of amides is 1. The highest BCUT2D eigenvalue weighted by Gasteiger charge is 2.23. The Morgan fingerprint density at radius 3 is 2.71 bits per heavy atom. The van der Waals surface area contributed by atoms with Crippen LogP contribution in [0.2, 0.25) is 0 Å². The van der Waals surface area contributed by atoms with Crippen LogP contribution in [0.3, 0.4) is 0 Å². The lowest BCUT2D eigenvalue weighted by molar-refractivity contribution is 0.151. The Bertz CT molecular complexity index is 343. The quantitative estimate of drug-likeness (QED) is 0.736. The predicted molar refractivity (Wildman–Crippen MR) is 52.6 cm³/mol. The van der Waals surface area contributed by atoms with Gasteiger partial charge in [-0.05, 0) is 5.56 Å². The highest BCUT2D eigenvalue weighted by atomic mass is 16.6. The van der Waals surface area contributed by atoms with Crippen LogP contribution in [0.15, 0.2) is 42.7 Å². The van der Waals surface area contributed by atoms with Crippen LogP contribution in [-0.4, -0.2) is 6.09 Å². The van der Waals surface area contributed by atoms with Gasteiger partial charge in [0, 0.05) is 6.42 Å². The lowest BCUT2D eigenvalue weighted by Crippen LogP contribution is -2.34. The van der Waals surface area contributed by atoms with E-state index < -0.39 is 6.09 Å². The van der Waals surface area contributed by atoms with Crippen LogP contribution in [0.25, 0.3) is 0 Å². The van der Waals surface area contributed by atoms with Gasteiger partial charge in [0.15, 0.2) is 0 Å². The Balaban J connectivity index is 2.19. The fourth-order valence-electron chi connectivity index (χ4n) is 1.51. The van der Waals surface area contributed by atoms with E-state index in [4.69, 9.17) is 4.74 Å². The summed E-state index contributed by atoms with van der Waals surface area (Å²) in [5, 5.41) is 2.74. The monoisotopic (exact) mass is 189 g/mol. The first-order chi connectivity index (χ1) is 6.75. The highest BCUT2D eigenvalue weighted by Crippen LogP contribution is 2.24. The van der Waals surface area contributed by atoms with Gasteiger partial charge in [-0.15, -0.1) is 0 Å². The Kier molecular flexibility index (Phi) is 2.23. The Morgan fingerprint density at radius 2 is 2.07 bits per heavy atom. The molecule has 2 rings (SSSR count). The van der Waals surface area contributed by atoms with E-state index in [-0.39, 0.29) is 6.04 Å². The van der Waals surface area contributed by atoms with Crippen molar-refractivity contribution in [2.24, 2.45) is 0 Å². The maximum atomic E-state index is 11.1. The number of cyclic esters (lactones) is 1. The maximum absolute atomic E-state index is 11.1. The second-order valence-corrected chi connectivity index (χ2v) is 3.24. The van der Waals surface area contributed by atoms with Gasteiger partial charge in [0.25, 0.3) is 0 Å². The van der Waals surface area contributed by atoms with Crippen LogP contribution in [-0.2, 0) is 4.74 Å². The minimum absolute atomic E-state index is 0.00931. The first-order valence-corrected chi connectivity index (χ1v) is 4.47. The van der Waals surface area contributed by atoms with Crippen LogP contribution < -0.4 is 5.32 Å². The molecule has 1 amide bonds. The molecule has 1 aliphatic heterocycles. The molecular weight excluding hydrogens is 178 g/mol.